The quantitative estimate of drug-likeness (QED) is 0.164. The van der Waals surface area contributed by atoms with Crippen LogP contribution in [0.4, 0.5) is 17.1 Å². The van der Waals surface area contributed by atoms with E-state index in [1.807, 2.05) is 12.1 Å². The highest BCUT2D eigenvalue weighted by Gasteiger charge is 2.46. The zero-order chi connectivity index (χ0) is 37.3. The lowest BCUT2D eigenvalue weighted by atomic mass is 9.68. The summed E-state index contributed by atoms with van der Waals surface area (Å²) < 4.78 is 6.75. The van der Waals surface area contributed by atoms with Gasteiger partial charge in [-0.3, -0.25) is 0 Å². The predicted octanol–water partition coefficient (Wildman–Crippen LogP) is 14.2. The molecule has 0 fully saturated rings. The standard InChI is InChI=1S/C53H41NO/c1-5-18-45-39(6-2)41-31-29-38(34-48(41)52(45,3)4)54(49-27-17-25-43-42-24-14-16-28-50(42)55-51(43)49)37-30-32-47-44(33-37)40-23-13-15-26-46(40)53(47,35-19-9-7-10-20-35)36-21-11-8-12-22-36/h5-34H,2H2,1,3-4H3/b18-5-. The second-order valence-electron chi connectivity index (χ2n) is 15.2. The molecule has 264 valence electrons. The topological polar surface area (TPSA) is 16.4 Å². The summed E-state index contributed by atoms with van der Waals surface area (Å²) in [6.45, 7) is 11.0. The van der Waals surface area contributed by atoms with Crippen LogP contribution in [0.5, 0.6) is 0 Å². The molecule has 0 spiro atoms. The zero-order valence-electron chi connectivity index (χ0n) is 31.4. The van der Waals surface area contributed by atoms with E-state index in [0.717, 1.165) is 39.0 Å². The molecule has 55 heavy (non-hydrogen) atoms. The second kappa shape index (κ2) is 12.5. The Hall–Kier alpha value is -6.64. The Morgan fingerprint density at radius 2 is 1.20 bits per heavy atom. The average Bonchev–Trinajstić information content (AvgIpc) is 3.83. The van der Waals surface area contributed by atoms with Gasteiger partial charge in [-0.1, -0.05) is 166 Å². The lowest BCUT2D eigenvalue weighted by Gasteiger charge is -2.34. The fourth-order valence-electron chi connectivity index (χ4n) is 9.65. The van der Waals surface area contributed by atoms with Crippen molar-refractivity contribution in [3.63, 3.8) is 0 Å². The molecule has 8 aromatic rings. The van der Waals surface area contributed by atoms with E-state index < -0.39 is 5.41 Å². The number of fused-ring (bicyclic) bond motifs is 7. The van der Waals surface area contributed by atoms with Crippen molar-refractivity contribution in [2.45, 2.75) is 31.6 Å². The number of rotatable bonds is 7. The number of hydrogen-bond acceptors (Lipinski definition) is 2. The maximum absolute atomic E-state index is 6.75. The number of furan rings is 1. The van der Waals surface area contributed by atoms with Crippen LogP contribution in [0.15, 0.2) is 199 Å². The number of para-hydroxylation sites is 2. The number of nitrogens with zero attached hydrogens (tertiary/aromatic N) is 1. The van der Waals surface area contributed by atoms with Crippen LogP contribution in [0.3, 0.4) is 0 Å². The Balaban J connectivity index is 1.25. The molecule has 0 bridgehead atoms. The van der Waals surface area contributed by atoms with Crippen molar-refractivity contribution < 1.29 is 4.42 Å². The lowest BCUT2D eigenvalue weighted by Crippen LogP contribution is -2.28. The summed E-state index contributed by atoms with van der Waals surface area (Å²) in [6, 6.07) is 59.8. The maximum Gasteiger partial charge on any atom is 0.159 e. The van der Waals surface area contributed by atoms with E-state index in [9.17, 15) is 0 Å². The molecule has 0 radical (unpaired) electrons. The van der Waals surface area contributed by atoms with E-state index in [0.29, 0.717) is 0 Å². The van der Waals surface area contributed by atoms with Crippen LogP contribution in [0, 0.1) is 0 Å². The van der Waals surface area contributed by atoms with E-state index in [-0.39, 0.29) is 5.41 Å². The van der Waals surface area contributed by atoms with Crippen molar-refractivity contribution >= 4 is 44.6 Å². The first-order chi connectivity index (χ1) is 27.0. The van der Waals surface area contributed by atoms with E-state index in [2.05, 4.69) is 202 Å². The summed E-state index contributed by atoms with van der Waals surface area (Å²) in [6.07, 6.45) is 6.39. The molecule has 1 heterocycles. The monoisotopic (exact) mass is 707 g/mol. The molecule has 2 nitrogen and oxygen atoms in total. The van der Waals surface area contributed by atoms with Crippen molar-refractivity contribution in [1.82, 2.24) is 0 Å². The Bertz CT molecular complexity index is 2830. The summed E-state index contributed by atoms with van der Waals surface area (Å²) in [5.74, 6) is 0. The van der Waals surface area contributed by atoms with Gasteiger partial charge in [0.2, 0.25) is 0 Å². The molecule has 1 aromatic heterocycles. The largest absolute Gasteiger partial charge is 0.454 e. The highest BCUT2D eigenvalue weighted by atomic mass is 16.3. The van der Waals surface area contributed by atoms with Gasteiger partial charge >= 0.3 is 0 Å². The Kier molecular flexibility index (Phi) is 7.47. The van der Waals surface area contributed by atoms with Crippen molar-refractivity contribution in [3.05, 3.63) is 228 Å². The minimum Gasteiger partial charge on any atom is -0.454 e. The first-order valence-electron chi connectivity index (χ1n) is 19.2. The van der Waals surface area contributed by atoms with Crippen LogP contribution in [0.1, 0.15) is 54.2 Å². The molecule has 2 aliphatic rings. The fourth-order valence-corrected chi connectivity index (χ4v) is 9.65. The van der Waals surface area contributed by atoms with Crippen LogP contribution in [0.2, 0.25) is 0 Å². The normalized spacial score (nSPS) is 15.0. The molecule has 2 heteroatoms. The molecule has 0 amide bonds. The van der Waals surface area contributed by atoms with Crippen LogP contribution in [-0.4, -0.2) is 0 Å². The Labute approximate surface area is 323 Å². The molecule has 0 aliphatic heterocycles. The van der Waals surface area contributed by atoms with Crippen molar-refractivity contribution in [2.75, 3.05) is 4.90 Å². The molecule has 0 saturated carbocycles. The number of allylic oxidation sites excluding steroid dienone is 5. The maximum atomic E-state index is 6.75. The summed E-state index contributed by atoms with van der Waals surface area (Å²) >= 11 is 0. The molecule has 0 atom stereocenters. The number of benzene rings is 7. The fraction of sp³-hybridized carbons (Fsp3) is 0.0943. The molecular formula is C53H41NO. The summed E-state index contributed by atoms with van der Waals surface area (Å²) in [5, 5.41) is 2.22. The summed E-state index contributed by atoms with van der Waals surface area (Å²) in [7, 11) is 0. The smallest absolute Gasteiger partial charge is 0.159 e. The van der Waals surface area contributed by atoms with E-state index in [1.54, 1.807) is 0 Å². The Morgan fingerprint density at radius 3 is 1.95 bits per heavy atom. The number of hydrogen-bond donors (Lipinski definition) is 0. The molecule has 0 saturated heterocycles. The van der Waals surface area contributed by atoms with E-state index in [4.69, 9.17) is 4.42 Å². The van der Waals surface area contributed by atoms with Crippen LogP contribution >= 0.6 is 0 Å². The van der Waals surface area contributed by atoms with Crippen molar-refractivity contribution in [3.8, 4) is 11.1 Å². The van der Waals surface area contributed by atoms with Gasteiger partial charge in [-0.15, -0.1) is 0 Å². The molecule has 2 aliphatic carbocycles. The average molecular weight is 708 g/mol. The van der Waals surface area contributed by atoms with Gasteiger partial charge in [-0.25, -0.2) is 0 Å². The summed E-state index contributed by atoms with van der Waals surface area (Å²) in [4.78, 5) is 2.40. The van der Waals surface area contributed by atoms with Gasteiger partial charge in [0.1, 0.15) is 5.58 Å². The predicted molar refractivity (Wildman–Crippen MR) is 231 cm³/mol. The minimum absolute atomic E-state index is 0.208. The molecule has 0 unspecified atom stereocenters. The third kappa shape index (κ3) is 4.68. The van der Waals surface area contributed by atoms with E-state index >= 15 is 0 Å². The van der Waals surface area contributed by atoms with Crippen LogP contribution in [-0.2, 0) is 10.8 Å². The molecule has 10 rings (SSSR count). The highest BCUT2D eigenvalue weighted by molar-refractivity contribution is 6.10. The second-order valence-corrected chi connectivity index (χ2v) is 15.2. The third-order valence-corrected chi connectivity index (χ3v) is 12.1. The van der Waals surface area contributed by atoms with E-state index in [1.165, 1.54) is 55.7 Å². The Morgan fingerprint density at radius 1 is 0.564 bits per heavy atom. The van der Waals surface area contributed by atoms with Gasteiger partial charge in [0.15, 0.2) is 5.58 Å². The SMILES string of the molecule is C=CC1=C(/C=C\C)C(C)(C)c2cc(N(c3ccc4c(c3)-c3ccccc3C4(c3ccccc3)c3ccccc3)c3cccc4c3oc3ccccc34)ccc21. The third-order valence-electron chi connectivity index (χ3n) is 12.1. The molecule has 7 aromatic carbocycles. The lowest BCUT2D eigenvalue weighted by molar-refractivity contribution is 0.654. The minimum atomic E-state index is -0.468. The van der Waals surface area contributed by atoms with Gasteiger partial charge in [0, 0.05) is 27.6 Å². The van der Waals surface area contributed by atoms with Gasteiger partial charge in [-0.05, 0) is 99.0 Å². The van der Waals surface area contributed by atoms with Crippen molar-refractivity contribution in [1.29, 1.82) is 0 Å². The zero-order valence-corrected chi connectivity index (χ0v) is 31.4. The summed E-state index contributed by atoms with van der Waals surface area (Å²) in [5.41, 5.74) is 16.8. The van der Waals surface area contributed by atoms with Gasteiger partial charge in [0.25, 0.3) is 0 Å². The first-order valence-corrected chi connectivity index (χ1v) is 19.2. The van der Waals surface area contributed by atoms with Gasteiger partial charge in [0.05, 0.1) is 11.1 Å². The highest BCUT2D eigenvalue weighted by Crippen LogP contribution is 2.58. The first kappa shape index (κ1) is 33.0. The van der Waals surface area contributed by atoms with Crippen LogP contribution in [0.25, 0.3) is 38.6 Å². The van der Waals surface area contributed by atoms with Crippen molar-refractivity contribution in [2.24, 2.45) is 0 Å². The van der Waals surface area contributed by atoms with Crippen LogP contribution < -0.4 is 4.90 Å². The number of anilines is 3. The molecular weight excluding hydrogens is 667 g/mol. The van der Waals surface area contributed by atoms with Gasteiger partial charge in [-0.2, -0.15) is 0 Å². The van der Waals surface area contributed by atoms with Gasteiger partial charge < -0.3 is 9.32 Å². The molecule has 0 N–H and O–H groups in total.